The Balaban J connectivity index is 2.09. The molecule has 3 rings (SSSR count). The molecule has 0 spiro atoms. The van der Waals surface area contributed by atoms with Gasteiger partial charge in [0.05, 0.1) is 15.3 Å². The van der Waals surface area contributed by atoms with E-state index in [1.165, 1.54) is 23.7 Å². The van der Waals surface area contributed by atoms with Crippen molar-refractivity contribution in [3.8, 4) is 6.07 Å². The average Bonchev–Trinajstić information content (AvgIpc) is 3.04. The summed E-state index contributed by atoms with van der Waals surface area (Å²) in [6.45, 7) is 3.93. The van der Waals surface area contributed by atoms with E-state index in [9.17, 15) is 14.9 Å². The number of benzene rings is 2. The lowest BCUT2D eigenvalue weighted by Gasteiger charge is -2.19. The number of aryl methyl sites for hydroxylation is 2. The smallest absolute Gasteiger partial charge is 0.264 e. The first kappa shape index (κ1) is 22.2. The Hall–Kier alpha value is -2.46. The minimum atomic E-state index is -0.550. The second-order valence-electron chi connectivity index (χ2n) is 6.84. The Bertz CT molecular complexity index is 1110. The highest BCUT2D eigenvalue weighted by Gasteiger charge is 2.41. The maximum Gasteiger partial charge on any atom is 0.264 e. The fourth-order valence-electron chi connectivity index (χ4n) is 3.12. The summed E-state index contributed by atoms with van der Waals surface area (Å²) in [4.78, 5) is 27.2. The van der Waals surface area contributed by atoms with Crippen molar-refractivity contribution in [2.24, 2.45) is 0 Å². The minimum Gasteiger partial charge on any atom is -0.354 e. The Labute approximate surface area is 189 Å². The van der Waals surface area contributed by atoms with Crippen molar-refractivity contribution >= 4 is 52.5 Å². The summed E-state index contributed by atoms with van der Waals surface area (Å²) in [5, 5.41) is 12.7. The van der Waals surface area contributed by atoms with Crippen molar-refractivity contribution in [3.05, 3.63) is 73.7 Å². The normalized spacial score (nSPS) is 17.7. The van der Waals surface area contributed by atoms with Crippen LogP contribution in [-0.4, -0.2) is 24.1 Å². The number of nitrogens with zero attached hydrogens (tertiary/aromatic N) is 2. The van der Waals surface area contributed by atoms with Gasteiger partial charge in [-0.05, 0) is 55.2 Å². The highest BCUT2D eigenvalue weighted by molar-refractivity contribution is 8.05. The maximum atomic E-state index is 13.4. The molecule has 0 bridgehead atoms. The minimum absolute atomic E-state index is 0.103. The van der Waals surface area contributed by atoms with Gasteiger partial charge in [0.15, 0.2) is 0 Å². The van der Waals surface area contributed by atoms with E-state index < -0.39 is 11.2 Å². The molecule has 2 amide bonds. The van der Waals surface area contributed by atoms with Crippen molar-refractivity contribution in [1.82, 2.24) is 5.32 Å². The third kappa shape index (κ3) is 4.20. The van der Waals surface area contributed by atoms with Crippen molar-refractivity contribution in [2.75, 3.05) is 11.9 Å². The summed E-state index contributed by atoms with van der Waals surface area (Å²) in [5.74, 6) is -0.756. The molecule has 0 radical (unpaired) electrons. The van der Waals surface area contributed by atoms with Crippen LogP contribution in [0.2, 0.25) is 10.0 Å². The largest absolute Gasteiger partial charge is 0.354 e. The van der Waals surface area contributed by atoms with Crippen LogP contribution in [0.3, 0.4) is 0 Å². The zero-order chi connectivity index (χ0) is 22.0. The summed E-state index contributed by atoms with van der Waals surface area (Å²) in [6, 6.07) is 12.8. The van der Waals surface area contributed by atoms with Crippen LogP contribution in [0.25, 0.3) is 0 Å². The third-order valence-electron chi connectivity index (χ3n) is 4.92. The maximum absolute atomic E-state index is 13.4. The second kappa shape index (κ2) is 9.13. The van der Waals surface area contributed by atoms with Crippen LogP contribution in [0.5, 0.6) is 0 Å². The number of hydrogen-bond donors (Lipinski definition) is 1. The standard InChI is InChI=1S/C22H19Cl2N3O2S/c1-12-7-8-15(9-13(12)2)27-21(29)18(10-14-5-4-6-17(23)19(14)24)30-22(27)16(11-25)20(28)26-3/h4-9,18H,10H2,1-3H3,(H,26,28)/b22-16-. The molecule has 2 aromatic rings. The number of halogens is 2. The molecular formula is C22H19Cl2N3O2S. The predicted molar refractivity (Wildman–Crippen MR) is 122 cm³/mol. The Kier molecular flexibility index (Phi) is 6.77. The van der Waals surface area contributed by atoms with E-state index in [0.717, 1.165) is 16.7 Å². The molecule has 1 aliphatic rings. The zero-order valence-corrected chi connectivity index (χ0v) is 19.0. The molecule has 1 fully saturated rings. The van der Waals surface area contributed by atoms with Crippen molar-refractivity contribution < 1.29 is 9.59 Å². The van der Waals surface area contributed by atoms with Gasteiger partial charge >= 0.3 is 0 Å². The molecule has 5 nitrogen and oxygen atoms in total. The highest BCUT2D eigenvalue weighted by atomic mass is 35.5. The van der Waals surface area contributed by atoms with Crippen LogP contribution < -0.4 is 10.2 Å². The molecule has 1 unspecified atom stereocenters. The lowest BCUT2D eigenvalue weighted by atomic mass is 10.1. The third-order valence-corrected chi connectivity index (χ3v) is 7.04. The number of likely N-dealkylation sites (N-methyl/N-ethyl adjacent to an activating group) is 1. The van der Waals surface area contributed by atoms with Crippen molar-refractivity contribution in [1.29, 1.82) is 5.26 Å². The topological polar surface area (TPSA) is 73.2 Å². The summed E-state index contributed by atoms with van der Waals surface area (Å²) >= 11 is 13.6. The van der Waals surface area contributed by atoms with E-state index in [-0.39, 0.29) is 11.5 Å². The molecule has 1 saturated heterocycles. The molecule has 1 heterocycles. The van der Waals surface area contributed by atoms with Gasteiger partial charge in [-0.15, -0.1) is 0 Å². The molecule has 1 aliphatic heterocycles. The van der Waals surface area contributed by atoms with E-state index in [4.69, 9.17) is 23.2 Å². The van der Waals surface area contributed by atoms with Crippen molar-refractivity contribution in [2.45, 2.75) is 25.5 Å². The number of hydrogen-bond acceptors (Lipinski definition) is 4. The van der Waals surface area contributed by atoms with Gasteiger partial charge in [-0.1, -0.05) is 53.2 Å². The fourth-order valence-corrected chi connectivity index (χ4v) is 4.81. The SMILES string of the molecule is CNC(=O)/C(C#N)=C1\SC(Cc2cccc(Cl)c2Cl)C(=O)N1c1ccc(C)c(C)c1. The number of anilines is 1. The van der Waals surface area contributed by atoms with Gasteiger partial charge in [-0.25, -0.2) is 0 Å². The number of rotatable bonds is 4. The summed E-state index contributed by atoms with van der Waals surface area (Å²) in [6.07, 6.45) is 0.320. The number of amides is 2. The number of thioether (sulfide) groups is 1. The monoisotopic (exact) mass is 459 g/mol. The lowest BCUT2D eigenvalue weighted by Crippen LogP contribution is -2.31. The van der Waals surface area contributed by atoms with Crippen LogP contribution in [0, 0.1) is 25.2 Å². The van der Waals surface area contributed by atoms with Crippen LogP contribution in [0.15, 0.2) is 47.0 Å². The molecule has 8 heteroatoms. The van der Waals surface area contributed by atoms with Gasteiger partial charge in [0.2, 0.25) is 5.91 Å². The van der Waals surface area contributed by atoms with Crippen molar-refractivity contribution in [3.63, 3.8) is 0 Å². The number of nitriles is 1. The van der Waals surface area contributed by atoms with Gasteiger partial charge in [0.25, 0.3) is 5.91 Å². The number of carbonyl (C=O) groups excluding carboxylic acids is 2. The molecule has 0 aromatic heterocycles. The molecule has 0 saturated carbocycles. The zero-order valence-electron chi connectivity index (χ0n) is 16.6. The van der Waals surface area contributed by atoms with E-state index in [1.54, 1.807) is 12.1 Å². The van der Waals surface area contributed by atoms with Crippen LogP contribution in [-0.2, 0) is 16.0 Å². The quantitative estimate of drug-likeness (QED) is 0.527. The molecule has 154 valence electrons. The molecule has 30 heavy (non-hydrogen) atoms. The van der Waals surface area contributed by atoms with Crippen LogP contribution in [0.4, 0.5) is 5.69 Å². The number of nitrogens with one attached hydrogen (secondary N) is 1. The van der Waals surface area contributed by atoms with Crippen LogP contribution in [0.1, 0.15) is 16.7 Å². The van der Waals surface area contributed by atoms with E-state index in [0.29, 0.717) is 27.2 Å². The first-order valence-corrected chi connectivity index (χ1v) is 10.8. The molecule has 1 atom stereocenters. The Morgan fingerprint density at radius 3 is 2.60 bits per heavy atom. The Morgan fingerprint density at radius 2 is 1.97 bits per heavy atom. The fraction of sp³-hybridized carbons (Fsp3) is 0.227. The molecular weight excluding hydrogens is 441 g/mol. The van der Waals surface area contributed by atoms with Gasteiger partial charge < -0.3 is 5.32 Å². The van der Waals surface area contributed by atoms with Gasteiger partial charge in [-0.2, -0.15) is 5.26 Å². The summed E-state index contributed by atoms with van der Waals surface area (Å²) in [7, 11) is 1.45. The lowest BCUT2D eigenvalue weighted by molar-refractivity contribution is -0.117. The highest BCUT2D eigenvalue weighted by Crippen LogP contribution is 2.43. The molecule has 1 N–H and O–H groups in total. The van der Waals surface area contributed by atoms with E-state index >= 15 is 0 Å². The van der Waals surface area contributed by atoms with Crippen LogP contribution >= 0.6 is 35.0 Å². The van der Waals surface area contributed by atoms with Gasteiger partial charge in [0.1, 0.15) is 16.7 Å². The average molecular weight is 460 g/mol. The first-order chi connectivity index (χ1) is 14.3. The predicted octanol–water partition coefficient (Wildman–Crippen LogP) is 4.78. The van der Waals surface area contributed by atoms with E-state index in [1.807, 2.05) is 44.2 Å². The Morgan fingerprint density at radius 1 is 1.23 bits per heavy atom. The number of carbonyl (C=O) groups is 2. The first-order valence-electron chi connectivity index (χ1n) is 9.15. The summed E-state index contributed by atoms with van der Waals surface area (Å²) in [5.41, 5.74) is 3.33. The summed E-state index contributed by atoms with van der Waals surface area (Å²) < 4.78 is 0. The molecule has 0 aliphatic carbocycles. The van der Waals surface area contributed by atoms with Gasteiger partial charge in [0, 0.05) is 12.7 Å². The van der Waals surface area contributed by atoms with Gasteiger partial charge in [-0.3, -0.25) is 14.5 Å². The molecule has 2 aromatic carbocycles. The second-order valence-corrected chi connectivity index (χ2v) is 8.81. The van der Waals surface area contributed by atoms with E-state index in [2.05, 4.69) is 5.32 Å².